The molecule has 3 heterocycles. The predicted octanol–water partition coefficient (Wildman–Crippen LogP) is 4.53. The lowest BCUT2D eigenvalue weighted by Gasteiger charge is -2.38. The summed E-state index contributed by atoms with van der Waals surface area (Å²) < 4.78 is 51.1. The molecule has 0 unspecified atom stereocenters. The first-order valence-electron chi connectivity index (χ1n) is 14.7. The number of hydrogen-bond donors (Lipinski definition) is 2. The van der Waals surface area contributed by atoms with E-state index in [-0.39, 0.29) is 24.9 Å². The summed E-state index contributed by atoms with van der Waals surface area (Å²) in [7, 11) is 1.58. The lowest BCUT2D eigenvalue weighted by Crippen LogP contribution is -2.44. The van der Waals surface area contributed by atoms with E-state index in [4.69, 9.17) is 9.47 Å². The molecule has 2 aliphatic heterocycles. The molecule has 2 aliphatic rings. The van der Waals surface area contributed by atoms with Crippen molar-refractivity contribution in [1.82, 2.24) is 14.8 Å². The monoisotopic (exact) mass is 611 g/mol. The van der Waals surface area contributed by atoms with Crippen LogP contribution in [0.4, 0.5) is 13.2 Å². The first-order valence-corrected chi connectivity index (χ1v) is 14.7. The molecule has 2 aromatic carbocycles. The zero-order valence-corrected chi connectivity index (χ0v) is 24.6. The van der Waals surface area contributed by atoms with Crippen molar-refractivity contribution in [2.24, 2.45) is 5.41 Å². The highest BCUT2D eigenvalue weighted by Gasteiger charge is 2.41. The summed E-state index contributed by atoms with van der Waals surface area (Å²) in [4.78, 5) is 21.4. The minimum Gasteiger partial charge on any atom is -0.497 e. The van der Waals surface area contributed by atoms with Crippen molar-refractivity contribution in [3.63, 3.8) is 0 Å². The lowest BCUT2D eigenvalue weighted by atomic mass is 9.73. The SMILES string of the molecule is COc1ccc2ncc(CN3CCOCC3)c([C@@H](O)CCC3(C(=O)O)CCN(CC#Cc4cc(F)c(F)c(F)c4)CC3)c2c1. The van der Waals surface area contributed by atoms with Gasteiger partial charge in [-0.25, -0.2) is 13.2 Å². The van der Waals surface area contributed by atoms with Crippen LogP contribution < -0.4 is 4.74 Å². The molecule has 2 fully saturated rings. The van der Waals surface area contributed by atoms with E-state index in [1.165, 1.54) is 0 Å². The Kier molecular flexibility index (Phi) is 10.1. The minimum absolute atomic E-state index is 0.0292. The largest absolute Gasteiger partial charge is 0.497 e. The third-order valence-corrected chi connectivity index (χ3v) is 8.71. The summed E-state index contributed by atoms with van der Waals surface area (Å²) in [5, 5.41) is 22.7. The van der Waals surface area contributed by atoms with Crippen LogP contribution in [0.15, 0.2) is 36.5 Å². The fourth-order valence-corrected chi connectivity index (χ4v) is 6.03. The van der Waals surface area contributed by atoms with Gasteiger partial charge in [0.1, 0.15) is 5.75 Å². The van der Waals surface area contributed by atoms with Gasteiger partial charge in [-0.2, -0.15) is 0 Å². The normalized spacial score (nSPS) is 18.0. The van der Waals surface area contributed by atoms with Crippen molar-refractivity contribution in [2.45, 2.75) is 38.3 Å². The zero-order valence-electron chi connectivity index (χ0n) is 24.6. The third-order valence-electron chi connectivity index (χ3n) is 8.71. The lowest BCUT2D eigenvalue weighted by molar-refractivity contribution is -0.153. The Morgan fingerprint density at radius 2 is 1.80 bits per heavy atom. The fraction of sp³-hybridized carbons (Fsp3) is 0.455. The van der Waals surface area contributed by atoms with Gasteiger partial charge in [-0.15, -0.1) is 0 Å². The number of morpholine rings is 1. The van der Waals surface area contributed by atoms with Crippen LogP contribution in [-0.2, 0) is 16.1 Å². The number of carboxylic acids is 1. The molecular formula is C33H36F3N3O5. The summed E-state index contributed by atoms with van der Waals surface area (Å²) in [6.07, 6.45) is 2.14. The van der Waals surface area contributed by atoms with Crippen LogP contribution in [0.1, 0.15) is 48.5 Å². The second kappa shape index (κ2) is 13.9. The average Bonchev–Trinajstić information content (AvgIpc) is 3.03. The van der Waals surface area contributed by atoms with Crippen LogP contribution in [0.5, 0.6) is 5.75 Å². The van der Waals surface area contributed by atoms with Crippen molar-refractivity contribution in [2.75, 3.05) is 53.0 Å². The molecule has 1 atom stereocenters. The number of likely N-dealkylation sites (tertiary alicyclic amines) is 1. The molecular weight excluding hydrogens is 575 g/mol. The molecule has 11 heteroatoms. The molecule has 8 nitrogen and oxygen atoms in total. The Morgan fingerprint density at radius 1 is 1.09 bits per heavy atom. The predicted molar refractivity (Wildman–Crippen MR) is 158 cm³/mol. The number of ether oxygens (including phenoxy) is 2. The van der Waals surface area contributed by atoms with E-state index in [0.29, 0.717) is 51.4 Å². The molecule has 0 radical (unpaired) electrons. The number of hydrogen-bond acceptors (Lipinski definition) is 7. The van der Waals surface area contributed by atoms with E-state index in [0.717, 1.165) is 47.3 Å². The number of piperidine rings is 1. The minimum atomic E-state index is -1.54. The molecule has 0 amide bonds. The number of aromatic nitrogens is 1. The van der Waals surface area contributed by atoms with Gasteiger partial charge < -0.3 is 19.7 Å². The number of benzene rings is 2. The highest BCUT2D eigenvalue weighted by molar-refractivity contribution is 5.85. The third kappa shape index (κ3) is 7.16. The summed E-state index contributed by atoms with van der Waals surface area (Å²) in [6, 6.07) is 7.23. The zero-order chi connectivity index (χ0) is 31.3. The molecule has 0 aliphatic carbocycles. The second-order valence-corrected chi connectivity index (χ2v) is 11.4. The summed E-state index contributed by atoms with van der Waals surface area (Å²) in [5.41, 5.74) is 1.36. The molecule has 234 valence electrons. The molecule has 3 aromatic rings. The second-order valence-electron chi connectivity index (χ2n) is 11.4. The molecule has 0 spiro atoms. The van der Waals surface area contributed by atoms with E-state index >= 15 is 0 Å². The van der Waals surface area contributed by atoms with Crippen molar-refractivity contribution < 1.29 is 37.7 Å². The van der Waals surface area contributed by atoms with E-state index in [2.05, 4.69) is 21.7 Å². The number of pyridine rings is 1. The average molecular weight is 612 g/mol. The number of aliphatic carboxylic acids is 1. The van der Waals surface area contributed by atoms with Gasteiger partial charge in [0.2, 0.25) is 0 Å². The number of aliphatic hydroxyl groups is 1. The Balaban J connectivity index is 1.28. The summed E-state index contributed by atoms with van der Waals surface area (Å²) in [5.74, 6) is 1.10. The topological polar surface area (TPSA) is 95.4 Å². The number of carbonyl (C=O) groups is 1. The Labute approximate surface area is 254 Å². The van der Waals surface area contributed by atoms with Crippen LogP contribution in [0, 0.1) is 34.7 Å². The van der Waals surface area contributed by atoms with Gasteiger partial charge in [-0.1, -0.05) is 11.8 Å². The first kappa shape index (κ1) is 31.7. The molecule has 2 N–H and O–H groups in total. The molecule has 5 rings (SSSR count). The van der Waals surface area contributed by atoms with E-state index in [1.807, 2.05) is 23.1 Å². The summed E-state index contributed by atoms with van der Waals surface area (Å²) in [6.45, 7) is 4.60. The van der Waals surface area contributed by atoms with Crippen molar-refractivity contribution in [3.8, 4) is 17.6 Å². The molecule has 1 aromatic heterocycles. The van der Waals surface area contributed by atoms with E-state index in [9.17, 15) is 28.2 Å². The van der Waals surface area contributed by atoms with Crippen LogP contribution in [0.25, 0.3) is 10.9 Å². The summed E-state index contributed by atoms with van der Waals surface area (Å²) >= 11 is 0. The van der Waals surface area contributed by atoms with Crippen LogP contribution in [0.2, 0.25) is 0 Å². The number of halogens is 3. The smallest absolute Gasteiger partial charge is 0.309 e. The maximum atomic E-state index is 13.5. The van der Waals surface area contributed by atoms with Crippen LogP contribution in [0.3, 0.4) is 0 Å². The maximum absolute atomic E-state index is 13.5. The molecule has 0 saturated carbocycles. The van der Waals surface area contributed by atoms with Gasteiger partial charge in [0, 0.05) is 49.9 Å². The molecule has 2 saturated heterocycles. The standard InChI is InChI=1S/C33H36F3N3O5/c1-43-24-4-5-28-25(19-24)30(23(20-37-28)21-39-13-15-44-16-14-39)29(40)6-7-33(32(41)42)8-11-38(12-9-33)10-2-3-22-17-26(34)31(36)27(35)18-22/h4-5,17-20,29,40H,6-16,21H2,1H3,(H,41,42)/t29-/m0/s1. The number of aliphatic hydroxyl groups excluding tert-OH is 1. The van der Waals surface area contributed by atoms with Crippen molar-refractivity contribution >= 4 is 16.9 Å². The van der Waals surface area contributed by atoms with E-state index in [1.54, 1.807) is 13.3 Å². The Morgan fingerprint density at radius 3 is 2.45 bits per heavy atom. The maximum Gasteiger partial charge on any atom is 0.309 e. The molecule has 0 bridgehead atoms. The number of fused-ring (bicyclic) bond motifs is 1. The Bertz CT molecular complexity index is 1540. The van der Waals surface area contributed by atoms with Crippen LogP contribution >= 0.6 is 0 Å². The quantitative estimate of drug-likeness (QED) is 0.270. The molecule has 44 heavy (non-hydrogen) atoms. The highest BCUT2D eigenvalue weighted by Crippen LogP contribution is 2.40. The number of carboxylic acid groups (broad SMARTS) is 1. The van der Waals surface area contributed by atoms with Gasteiger partial charge >= 0.3 is 5.97 Å². The number of methoxy groups -OCH3 is 1. The van der Waals surface area contributed by atoms with Gasteiger partial charge in [-0.3, -0.25) is 19.6 Å². The number of rotatable bonds is 9. The van der Waals surface area contributed by atoms with Gasteiger partial charge in [0.25, 0.3) is 0 Å². The number of nitrogens with zero attached hydrogens (tertiary/aromatic N) is 3. The van der Waals surface area contributed by atoms with Gasteiger partial charge in [0.05, 0.1) is 43.9 Å². The Hall–Kier alpha value is -3.69. The van der Waals surface area contributed by atoms with Crippen molar-refractivity contribution in [1.29, 1.82) is 0 Å². The highest BCUT2D eigenvalue weighted by atomic mass is 19.2. The van der Waals surface area contributed by atoms with Crippen LogP contribution in [-0.4, -0.2) is 84.0 Å². The van der Waals surface area contributed by atoms with E-state index < -0.39 is 34.9 Å². The van der Waals surface area contributed by atoms with Crippen molar-refractivity contribution in [3.05, 3.63) is 70.7 Å². The fourth-order valence-electron chi connectivity index (χ4n) is 6.03. The van der Waals surface area contributed by atoms with Gasteiger partial charge in [0.15, 0.2) is 17.5 Å². The first-order chi connectivity index (χ1) is 21.2. The van der Waals surface area contributed by atoms with Gasteiger partial charge in [-0.05, 0) is 67.1 Å².